The molecule has 0 saturated carbocycles. The van der Waals surface area contributed by atoms with Crippen LogP contribution in [0.4, 0.5) is 4.39 Å². The predicted molar refractivity (Wildman–Crippen MR) is 104 cm³/mol. The lowest BCUT2D eigenvalue weighted by Crippen LogP contribution is -2.57. The molecule has 1 saturated heterocycles. The van der Waals surface area contributed by atoms with Gasteiger partial charge >= 0.3 is 0 Å². The molecule has 1 aliphatic rings. The van der Waals surface area contributed by atoms with E-state index < -0.39 is 11.9 Å². The van der Waals surface area contributed by atoms with Crippen LogP contribution in [0.5, 0.6) is 5.75 Å². The van der Waals surface area contributed by atoms with Crippen molar-refractivity contribution in [1.82, 2.24) is 9.47 Å². The van der Waals surface area contributed by atoms with Crippen LogP contribution >= 0.6 is 0 Å². The first-order chi connectivity index (χ1) is 13.5. The summed E-state index contributed by atoms with van der Waals surface area (Å²) in [5, 5.41) is 0.846. The molecule has 2 heterocycles. The smallest absolute Gasteiger partial charge is 0.245 e. The Kier molecular flexibility index (Phi) is 4.63. The number of carbonyl (C=O) groups excluding carboxylic acids is 2. The Morgan fingerprint density at radius 1 is 1.11 bits per heavy atom. The highest BCUT2D eigenvalue weighted by Gasteiger charge is 2.35. The molecule has 1 atom stereocenters. The monoisotopic (exact) mass is 380 g/mol. The van der Waals surface area contributed by atoms with Gasteiger partial charge in [0.25, 0.3) is 0 Å². The second kappa shape index (κ2) is 7.11. The molecule has 0 aliphatic carbocycles. The van der Waals surface area contributed by atoms with Crippen molar-refractivity contribution in [1.29, 1.82) is 0 Å². The SMILES string of the molecule is CC(=O)c1cn([C@@H](C)C(=O)N2CC(Oc3ccccc3F)C2)c2ccccc12. The van der Waals surface area contributed by atoms with E-state index in [0.29, 0.717) is 18.7 Å². The zero-order valence-corrected chi connectivity index (χ0v) is 15.8. The number of hydrogen-bond donors (Lipinski definition) is 0. The Labute approximate surface area is 162 Å². The van der Waals surface area contributed by atoms with Crippen molar-refractivity contribution < 1.29 is 18.7 Å². The molecule has 1 aromatic heterocycles. The maximum Gasteiger partial charge on any atom is 0.245 e. The van der Waals surface area contributed by atoms with E-state index in [0.717, 1.165) is 10.9 Å². The number of para-hydroxylation sites is 2. The van der Waals surface area contributed by atoms with E-state index in [1.165, 1.54) is 13.0 Å². The van der Waals surface area contributed by atoms with Crippen molar-refractivity contribution in [2.45, 2.75) is 26.0 Å². The Balaban J connectivity index is 1.47. The van der Waals surface area contributed by atoms with E-state index in [1.807, 2.05) is 35.8 Å². The maximum absolute atomic E-state index is 13.7. The van der Waals surface area contributed by atoms with Gasteiger partial charge in [0.15, 0.2) is 17.3 Å². The highest BCUT2D eigenvalue weighted by molar-refractivity contribution is 6.07. The number of carbonyl (C=O) groups is 2. The molecule has 0 radical (unpaired) electrons. The van der Waals surface area contributed by atoms with Crippen LogP contribution in [-0.2, 0) is 4.79 Å². The van der Waals surface area contributed by atoms with Gasteiger partial charge in [-0.1, -0.05) is 30.3 Å². The number of nitrogens with zero attached hydrogens (tertiary/aromatic N) is 2. The zero-order valence-electron chi connectivity index (χ0n) is 15.8. The van der Waals surface area contributed by atoms with Crippen LogP contribution in [-0.4, -0.2) is 40.4 Å². The average molecular weight is 380 g/mol. The number of Topliss-reactive ketones (excluding diaryl/α,β-unsaturated/α-hetero) is 1. The Morgan fingerprint density at radius 2 is 1.79 bits per heavy atom. The summed E-state index contributed by atoms with van der Waals surface area (Å²) in [5.74, 6) is -0.285. The van der Waals surface area contributed by atoms with Crippen LogP contribution in [0.2, 0.25) is 0 Å². The average Bonchev–Trinajstić information content (AvgIpc) is 3.04. The summed E-state index contributed by atoms with van der Waals surface area (Å²) < 4.78 is 21.2. The van der Waals surface area contributed by atoms with Crippen molar-refractivity contribution in [2.75, 3.05) is 13.1 Å². The molecule has 0 N–H and O–H groups in total. The molecule has 1 amide bonds. The minimum atomic E-state index is -0.451. The van der Waals surface area contributed by atoms with Gasteiger partial charge in [-0.05, 0) is 32.0 Å². The predicted octanol–water partition coefficient (Wildman–Crippen LogP) is 3.83. The number of aromatic nitrogens is 1. The minimum Gasteiger partial charge on any atom is -0.484 e. The van der Waals surface area contributed by atoms with Crippen LogP contribution in [0.25, 0.3) is 10.9 Å². The molecule has 2 aromatic carbocycles. The summed E-state index contributed by atoms with van der Waals surface area (Å²) in [7, 11) is 0. The second-order valence-corrected chi connectivity index (χ2v) is 7.11. The summed E-state index contributed by atoms with van der Waals surface area (Å²) in [6.45, 7) is 4.18. The maximum atomic E-state index is 13.7. The van der Waals surface area contributed by atoms with E-state index in [1.54, 1.807) is 29.3 Å². The molecule has 3 aromatic rings. The summed E-state index contributed by atoms with van der Waals surface area (Å²) in [4.78, 5) is 26.6. The summed E-state index contributed by atoms with van der Waals surface area (Å²) >= 11 is 0. The number of halogens is 1. The lowest BCUT2D eigenvalue weighted by Gasteiger charge is -2.40. The summed E-state index contributed by atoms with van der Waals surface area (Å²) in [6, 6.07) is 13.4. The largest absolute Gasteiger partial charge is 0.484 e. The Hall–Kier alpha value is -3.15. The van der Waals surface area contributed by atoms with E-state index in [2.05, 4.69) is 0 Å². The van der Waals surface area contributed by atoms with Gasteiger partial charge in [-0.2, -0.15) is 0 Å². The molecule has 6 heteroatoms. The third-order valence-corrected chi connectivity index (χ3v) is 5.18. The van der Waals surface area contributed by atoms with E-state index in [-0.39, 0.29) is 23.5 Å². The fourth-order valence-electron chi connectivity index (χ4n) is 3.60. The highest BCUT2D eigenvalue weighted by Crippen LogP contribution is 2.28. The van der Waals surface area contributed by atoms with Crippen LogP contribution < -0.4 is 4.74 Å². The first kappa shape index (κ1) is 18.2. The standard InChI is InChI=1S/C22H21FN2O3/c1-14(25-13-18(15(2)26)17-7-3-5-9-20(17)25)22(27)24-11-16(12-24)28-21-10-6-4-8-19(21)23/h3-10,13-14,16H,11-12H2,1-2H3/t14-/m0/s1. The van der Waals surface area contributed by atoms with Crippen molar-refractivity contribution >= 4 is 22.6 Å². The Bertz CT molecular complexity index is 1050. The molecule has 1 aliphatic heterocycles. The fourth-order valence-corrected chi connectivity index (χ4v) is 3.60. The number of ketones is 1. The normalized spacial score (nSPS) is 15.3. The molecule has 5 nitrogen and oxygen atoms in total. The van der Waals surface area contributed by atoms with Gasteiger partial charge in [0, 0.05) is 22.7 Å². The lowest BCUT2D eigenvalue weighted by molar-refractivity contribution is -0.143. The molecule has 0 unspecified atom stereocenters. The number of rotatable bonds is 5. The van der Waals surface area contributed by atoms with Gasteiger partial charge in [-0.25, -0.2) is 4.39 Å². The molecular formula is C22H21FN2O3. The van der Waals surface area contributed by atoms with Gasteiger partial charge in [-0.3, -0.25) is 9.59 Å². The van der Waals surface area contributed by atoms with Crippen molar-refractivity contribution in [3.05, 3.63) is 66.1 Å². The van der Waals surface area contributed by atoms with Gasteiger partial charge < -0.3 is 14.2 Å². The fraction of sp³-hybridized carbons (Fsp3) is 0.273. The third kappa shape index (κ3) is 3.15. The van der Waals surface area contributed by atoms with Crippen LogP contribution in [0.1, 0.15) is 30.2 Å². The zero-order chi connectivity index (χ0) is 19.8. The number of benzene rings is 2. The third-order valence-electron chi connectivity index (χ3n) is 5.18. The van der Waals surface area contributed by atoms with Crippen molar-refractivity contribution in [3.8, 4) is 5.75 Å². The lowest BCUT2D eigenvalue weighted by atomic mass is 10.1. The minimum absolute atomic E-state index is 0.0306. The Morgan fingerprint density at radius 3 is 2.50 bits per heavy atom. The molecular weight excluding hydrogens is 359 g/mol. The van der Waals surface area contributed by atoms with Crippen LogP contribution in [0.3, 0.4) is 0 Å². The van der Waals surface area contributed by atoms with Gasteiger partial charge in [0.2, 0.25) is 5.91 Å². The highest BCUT2D eigenvalue weighted by atomic mass is 19.1. The van der Waals surface area contributed by atoms with Crippen molar-refractivity contribution in [3.63, 3.8) is 0 Å². The molecule has 4 rings (SSSR count). The van der Waals surface area contributed by atoms with E-state index in [9.17, 15) is 14.0 Å². The van der Waals surface area contributed by atoms with Gasteiger partial charge in [0.1, 0.15) is 12.1 Å². The topological polar surface area (TPSA) is 51.5 Å². The van der Waals surface area contributed by atoms with E-state index in [4.69, 9.17) is 4.74 Å². The quantitative estimate of drug-likeness (QED) is 0.632. The number of likely N-dealkylation sites (tertiary alicyclic amines) is 1. The molecule has 0 bridgehead atoms. The number of hydrogen-bond acceptors (Lipinski definition) is 3. The van der Waals surface area contributed by atoms with Crippen molar-refractivity contribution in [2.24, 2.45) is 0 Å². The molecule has 0 spiro atoms. The molecule has 1 fully saturated rings. The number of fused-ring (bicyclic) bond motifs is 1. The molecule has 28 heavy (non-hydrogen) atoms. The van der Waals surface area contributed by atoms with Crippen LogP contribution in [0, 0.1) is 5.82 Å². The van der Waals surface area contributed by atoms with Gasteiger partial charge in [-0.15, -0.1) is 0 Å². The first-order valence-corrected chi connectivity index (χ1v) is 9.26. The molecule has 144 valence electrons. The second-order valence-electron chi connectivity index (χ2n) is 7.11. The number of ether oxygens (including phenoxy) is 1. The van der Waals surface area contributed by atoms with E-state index >= 15 is 0 Å². The van der Waals surface area contributed by atoms with Crippen LogP contribution in [0.15, 0.2) is 54.7 Å². The van der Waals surface area contributed by atoms with Gasteiger partial charge in [0.05, 0.1) is 13.1 Å². The summed E-state index contributed by atoms with van der Waals surface area (Å²) in [5.41, 5.74) is 1.47. The summed E-state index contributed by atoms with van der Waals surface area (Å²) in [6.07, 6.45) is 1.53. The number of amides is 1. The first-order valence-electron chi connectivity index (χ1n) is 9.26.